The molecule has 4 aromatic rings. The molecule has 0 saturated heterocycles. The highest BCUT2D eigenvalue weighted by atomic mass is 19.4. The molecule has 1 aliphatic carbocycles. The number of hydrogen-bond donors (Lipinski definition) is 2. The number of carboxylic acid groups (broad SMARTS) is 1. The van der Waals surface area contributed by atoms with Gasteiger partial charge in [0.15, 0.2) is 23.1 Å². The van der Waals surface area contributed by atoms with E-state index in [2.05, 4.69) is 25.3 Å². The van der Waals surface area contributed by atoms with Crippen LogP contribution in [0, 0.1) is 18.7 Å². The van der Waals surface area contributed by atoms with E-state index >= 15 is 4.39 Å². The standard InChI is InChI=1S/C26H24F4N6O2/c1-13-10-11-31-19(18(13)27)24-35-22-20(36(24)12-15-6-8-17(9-7-15)26(28,29)30)21(33-23(34-22)25(37)38)32-14(2)16-4-3-5-16/h6-11,14,16H,3-5,12H2,1-2H3,(H,37,38)(H,32,33,34)/t14-/m1/s1. The van der Waals surface area contributed by atoms with Gasteiger partial charge in [-0.15, -0.1) is 0 Å². The maximum Gasteiger partial charge on any atom is 0.416 e. The van der Waals surface area contributed by atoms with E-state index in [1.165, 1.54) is 24.4 Å². The minimum Gasteiger partial charge on any atom is -0.475 e. The molecule has 0 unspecified atom stereocenters. The predicted octanol–water partition coefficient (Wildman–Crippen LogP) is 5.70. The highest BCUT2D eigenvalue weighted by molar-refractivity contribution is 5.92. The fourth-order valence-electron chi connectivity index (χ4n) is 4.52. The molecule has 0 spiro atoms. The Hall–Kier alpha value is -4.09. The Morgan fingerprint density at radius 1 is 1.16 bits per heavy atom. The van der Waals surface area contributed by atoms with E-state index in [0.717, 1.165) is 31.4 Å². The lowest BCUT2D eigenvalue weighted by molar-refractivity contribution is -0.137. The molecular formula is C26H24F4N6O2. The monoisotopic (exact) mass is 528 g/mol. The van der Waals surface area contributed by atoms with Crippen molar-refractivity contribution in [2.45, 2.75) is 51.9 Å². The molecule has 0 bridgehead atoms. The van der Waals surface area contributed by atoms with E-state index in [1.54, 1.807) is 11.5 Å². The van der Waals surface area contributed by atoms with Crippen molar-refractivity contribution in [1.82, 2.24) is 24.5 Å². The Morgan fingerprint density at radius 3 is 2.47 bits per heavy atom. The molecule has 198 valence electrons. The number of anilines is 1. The number of benzene rings is 1. The van der Waals surface area contributed by atoms with Crippen LogP contribution in [0.2, 0.25) is 0 Å². The van der Waals surface area contributed by atoms with Gasteiger partial charge in [-0.3, -0.25) is 0 Å². The van der Waals surface area contributed by atoms with Gasteiger partial charge in [0, 0.05) is 18.8 Å². The molecule has 0 radical (unpaired) electrons. The third-order valence-electron chi connectivity index (χ3n) is 6.93. The fraction of sp³-hybridized carbons (Fsp3) is 0.346. The third-order valence-corrected chi connectivity index (χ3v) is 6.93. The van der Waals surface area contributed by atoms with E-state index in [9.17, 15) is 23.1 Å². The van der Waals surface area contributed by atoms with Crippen LogP contribution < -0.4 is 5.32 Å². The number of nitrogens with one attached hydrogen (secondary N) is 1. The van der Waals surface area contributed by atoms with Crippen LogP contribution in [0.5, 0.6) is 0 Å². The lowest BCUT2D eigenvalue weighted by atomic mass is 9.80. The van der Waals surface area contributed by atoms with Crippen LogP contribution in [0.15, 0.2) is 36.5 Å². The largest absolute Gasteiger partial charge is 0.475 e. The third kappa shape index (κ3) is 4.77. The quantitative estimate of drug-likeness (QED) is 0.296. The number of halogens is 4. The first kappa shape index (κ1) is 25.6. The number of pyridine rings is 1. The summed E-state index contributed by atoms with van der Waals surface area (Å²) in [6.07, 6.45) is 0.0630. The van der Waals surface area contributed by atoms with Crippen LogP contribution in [-0.4, -0.2) is 41.6 Å². The van der Waals surface area contributed by atoms with Crippen molar-refractivity contribution < 1.29 is 27.5 Å². The number of carboxylic acids is 1. The van der Waals surface area contributed by atoms with Crippen molar-refractivity contribution in [3.63, 3.8) is 0 Å². The van der Waals surface area contributed by atoms with Crippen LogP contribution in [0.3, 0.4) is 0 Å². The smallest absolute Gasteiger partial charge is 0.416 e. The number of nitrogens with zero attached hydrogens (tertiary/aromatic N) is 5. The molecule has 2 N–H and O–H groups in total. The SMILES string of the molecule is Cc1ccnc(-c2nc3nc(C(=O)O)nc(N[C@H](C)C4CCC4)c3n2Cc2ccc(C(F)(F)F)cc2)c1F. The van der Waals surface area contributed by atoms with E-state index in [1.807, 2.05) is 6.92 Å². The minimum atomic E-state index is -4.49. The van der Waals surface area contributed by atoms with Gasteiger partial charge in [0.1, 0.15) is 11.2 Å². The molecular weight excluding hydrogens is 504 g/mol. The summed E-state index contributed by atoms with van der Waals surface area (Å²) in [4.78, 5) is 28.7. The van der Waals surface area contributed by atoms with E-state index in [0.29, 0.717) is 22.6 Å². The van der Waals surface area contributed by atoms with Crippen molar-refractivity contribution in [2.75, 3.05) is 5.32 Å². The first-order valence-corrected chi connectivity index (χ1v) is 12.1. The van der Waals surface area contributed by atoms with Gasteiger partial charge in [-0.25, -0.2) is 29.1 Å². The number of aryl methyl sites for hydroxylation is 1. The second-order valence-electron chi connectivity index (χ2n) is 9.50. The lowest BCUT2D eigenvalue weighted by Gasteiger charge is -2.32. The summed E-state index contributed by atoms with van der Waals surface area (Å²) < 4.78 is 56.1. The van der Waals surface area contributed by atoms with E-state index < -0.39 is 29.4 Å². The number of hydrogen-bond acceptors (Lipinski definition) is 6. The van der Waals surface area contributed by atoms with Crippen molar-refractivity contribution in [2.24, 2.45) is 5.92 Å². The van der Waals surface area contributed by atoms with Gasteiger partial charge in [0.05, 0.1) is 5.56 Å². The van der Waals surface area contributed by atoms with Gasteiger partial charge < -0.3 is 15.0 Å². The summed E-state index contributed by atoms with van der Waals surface area (Å²) in [6, 6.07) is 6.05. The summed E-state index contributed by atoms with van der Waals surface area (Å²) in [6.45, 7) is 3.53. The number of alkyl halides is 3. The Bertz CT molecular complexity index is 1510. The lowest BCUT2D eigenvalue weighted by Crippen LogP contribution is -2.31. The summed E-state index contributed by atoms with van der Waals surface area (Å²) >= 11 is 0. The molecule has 1 aliphatic rings. The molecule has 38 heavy (non-hydrogen) atoms. The molecule has 1 fully saturated rings. The fourth-order valence-corrected chi connectivity index (χ4v) is 4.52. The Balaban J connectivity index is 1.71. The van der Waals surface area contributed by atoms with Gasteiger partial charge in [-0.2, -0.15) is 13.2 Å². The van der Waals surface area contributed by atoms with Crippen molar-refractivity contribution in [3.8, 4) is 11.5 Å². The maximum absolute atomic E-state index is 15.2. The number of imidazole rings is 1. The molecule has 12 heteroatoms. The van der Waals surface area contributed by atoms with Crippen LogP contribution in [-0.2, 0) is 12.7 Å². The highest BCUT2D eigenvalue weighted by Gasteiger charge is 2.31. The van der Waals surface area contributed by atoms with Crippen molar-refractivity contribution >= 4 is 23.0 Å². The van der Waals surface area contributed by atoms with Crippen LogP contribution in [0.25, 0.3) is 22.7 Å². The van der Waals surface area contributed by atoms with Gasteiger partial charge >= 0.3 is 12.1 Å². The maximum atomic E-state index is 15.2. The molecule has 1 atom stereocenters. The predicted molar refractivity (Wildman–Crippen MR) is 131 cm³/mol. The first-order chi connectivity index (χ1) is 18.0. The number of aromatic carboxylic acids is 1. The molecule has 5 rings (SSSR count). The van der Waals surface area contributed by atoms with E-state index in [4.69, 9.17) is 0 Å². The second-order valence-corrected chi connectivity index (χ2v) is 9.50. The van der Waals surface area contributed by atoms with Gasteiger partial charge in [-0.05, 0) is 61.9 Å². The molecule has 1 saturated carbocycles. The molecule has 3 heterocycles. The van der Waals surface area contributed by atoms with Crippen LogP contribution in [0.1, 0.15) is 53.5 Å². The zero-order valence-corrected chi connectivity index (χ0v) is 20.6. The summed E-state index contributed by atoms with van der Waals surface area (Å²) in [7, 11) is 0. The summed E-state index contributed by atoms with van der Waals surface area (Å²) in [5, 5.41) is 12.9. The summed E-state index contributed by atoms with van der Waals surface area (Å²) in [5.74, 6) is -1.84. The number of carbonyl (C=O) groups is 1. The molecule has 3 aromatic heterocycles. The Labute approximate surface area is 214 Å². The Kier molecular flexibility index (Phi) is 6.49. The average molecular weight is 529 g/mol. The summed E-state index contributed by atoms with van der Waals surface area (Å²) in [5.41, 5.74) is 0.215. The van der Waals surface area contributed by atoms with Gasteiger partial charge in [-0.1, -0.05) is 18.6 Å². The highest BCUT2D eigenvalue weighted by Crippen LogP contribution is 2.35. The van der Waals surface area contributed by atoms with Crippen molar-refractivity contribution in [1.29, 1.82) is 0 Å². The van der Waals surface area contributed by atoms with Crippen LogP contribution in [0.4, 0.5) is 23.4 Å². The zero-order chi connectivity index (χ0) is 27.2. The number of aromatic nitrogens is 5. The molecule has 0 amide bonds. The Morgan fingerprint density at radius 2 is 1.87 bits per heavy atom. The van der Waals surface area contributed by atoms with E-state index in [-0.39, 0.29) is 35.6 Å². The zero-order valence-electron chi connectivity index (χ0n) is 20.6. The first-order valence-electron chi connectivity index (χ1n) is 12.1. The number of rotatable bonds is 7. The van der Waals surface area contributed by atoms with Gasteiger partial charge in [0.2, 0.25) is 5.82 Å². The second kappa shape index (κ2) is 9.66. The molecule has 8 nitrogen and oxygen atoms in total. The molecule has 0 aliphatic heterocycles. The molecule has 1 aromatic carbocycles. The topological polar surface area (TPSA) is 106 Å². The average Bonchev–Trinajstić information content (AvgIpc) is 3.17. The van der Waals surface area contributed by atoms with Crippen LogP contribution >= 0.6 is 0 Å². The van der Waals surface area contributed by atoms with Gasteiger partial charge in [0.25, 0.3) is 0 Å². The number of fused-ring (bicyclic) bond motifs is 1. The normalized spacial score (nSPS) is 14.9. The van der Waals surface area contributed by atoms with Crippen molar-refractivity contribution in [3.05, 3.63) is 64.9 Å². The minimum absolute atomic E-state index is 0.00493.